The Morgan fingerprint density at radius 1 is 1.20 bits per heavy atom. The number of nitrogens with zero attached hydrogens (tertiary/aromatic N) is 3. The van der Waals surface area contributed by atoms with Gasteiger partial charge in [0.25, 0.3) is 12.0 Å². The standard InChI is InChI=1S/C17H24F2N4O2/c18-17(19)14-8-16(25)23(11-20-14)9-12-4-6-22(7-5-12)10-13-2-1-3-15(24)21-13/h8,11-13,17H,1-7,9-10H2,(H,21,24). The molecule has 0 aliphatic carbocycles. The van der Waals surface area contributed by atoms with Gasteiger partial charge in [0, 0.05) is 31.6 Å². The van der Waals surface area contributed by atoms with Crippen molar-refractivity contribution in [3.05, 3.63) is 28.4 Å². The highest BCUT2D eigenvalue weighted by molar-refractivity contribution is 5.76. The summed E-state index contributed by atoms with van der Waals surface area (Å²) in [7, 11) is 0. The second kappa shape index (κ2) is 8.03. The fraction of sp³-hybridized carbons (Fsp3) is 0.706. The number of likely N-dealkylation sites (tertiary alicyclic amines) is 1. The van der Waals surface area contributed by atoms with E-state index in [9.17, 15) is 18.4 Å². The molecule has 3 heterocycles. The Balaban J connectivity index is 1.48. The normalized spacial score (nSPS) is 23.0. The van der Waals surface area contributed by atoms with Crippen molar-refractivity contribution in [1.29, 1.82) is 0 Å². The first-order valence-electron chi connectivity index (χ1n) is 8.87. The van der Waals surface area contributed by atoms with E-state index in [1.54, 1.807) is 0 Å². The van der Waals surface area contributed by atoms with Crippen LogP contribution < -0.4 is 10.9 Å². The fourth-order valence-corrected chi connectivity index (χ4v) is 3.66. The number of rotatable bonds is 5. The summed E-state index contributed by atoms with van der Waals surface area (Å²) in [5.74, 6) is 0.486. The number of piperidine rings is 2. The summed E-state index contributed by atoms with van der Waals surface area (Å²) in [6.07, 6.45) is 3.03. The van der Waals surface area contributed by atoms with Crippen LogP contribution in [0.3, 0.4) is 0 Å². The molecule has 1 aromatic rings. The van der Waals surface area contributed by atoms with E-state index in [1.165, 1.54) is 10.9 Å². The largest absolute Gasteiger partial charge is 0.352 e. The van der Waals surface area contributed by atoms with E-state index in [1.807, 2.05) is 0 Å². The minimum absolute atomic E-state index is 0.144. The van der Waals surface area contributed by atoms with Crippen molar-refractivity contribution < 1.29 is 13.6 Å². The highest BCUT2D eigenvalue weighted by atomic mass is 19.3. The minimum Gasteiger partial charge on any atom is -0.352 e. The Bertz CT molecular complexity index is 656. The third-order valence-electron chi connectivity index (χ3n) is 5.09. The van der Waals surface area contributed by atoms with E-state index in [0.29, 0.717) is 18.9 Å². The molecule has 0 saturated carbocycles. The molecule has 8 heteroatoms. The maximum atomic E-state index is 12.6. The number of carbonyl (C=O) groups is 1. The van der Waals surface area contributed by atoms with Crippen molar-refractivity contribution in [3.8, 4) is 0 Å². The zero-order valence-electron chi connectivity index (χ0n) is 14.2. The molecular formula is C17H24F2N4O2. The van der Waals surface area contributed by atoms with Gasteiger partial charge in [0.15, 0.2) is 0 Å². The SMILES string of the molecule is O=C1CCCC(CN2CCC(Cn3cnc(C(F)F)cc3=O)CC2)N1. The molecule has 2 saturated heterocycles. The van der Waals surface area contributed by atoms with Crippen molar-refractivity contribution in [2.45, 2.75) is 51.1 Å². The maximum absolute atomic E-state index is 12.6. The predicted octanol–water partition coefficient (Wildman–Crippen LogP) is 1.56. The molecule has 0 bridgehead atoms. The molecule has 2 aliphatic heterocycles. The molecule has 0 aromatic carbocycles. The maximum Gasteiger partial charge on any atom is 0.280 e. The third-order valence-corrected chi connectivity index (χ3v) is 5.09. The average molecular weight is 354 g/mol. The minimum atomic E-state index is -2.72. The number of nitrogens with one attached hydrogen (secondary N) is 1. The Labute approximate surface area is 145 Å². The monoisotopic (exact) mass is 354 g/mol. The second-order valence-corrected chi connectivity index (χ2v) is 7.01. The lowest BCUT2D eigenvalue weighted by atomic mass is 9.95. The van der Waals surface area contributed by atoms with Gasteiger partial charge in [0.2, 0.25) is 5.91 Å². The zero-order chi connectivity index (χ0) is 17.8. The van der Waals surface area contributed by atoms with Gasteiger partial charge in [-0.2, -0.15) is 0 Å². The lowest BCUT2D eigenvalue weighted by molar-refractivity contribution is -0.123. The lowest BCUT2D eigenvalue weighted by Gasteiger charge is -2.35. The molecule has 138 valence electrons. The molecule has 6 nitrogen and oxygen atoms in total. The molecule has 0 radical (unpaired) electrons. The number of alkyl halides is 2. The van der Waals surface area contributed by atoms with Gasteiger partial charge in [0.05, 0.1) is 6.33 Å². The van der Waals surface area contributed by atoms with Crippen LogP contribution in [-0.2, 0) is 11.3 Å². The average Bonchev–Trinajstić information content (AvgIpc) is 2.58. The Hall–Kier alpha value is -1.83. The van der Waals surface area contributed by atoms with E-state index in [2.05, 4.69) is 15.2 Å². The van der Waals surface area contributed by atoms with Gasteiger partial charge >= 0.3 is 0 Å². The lowest BCUT2D eigenvalue weighted by Crippen LogP contribution is -2.48. The number of halogens is 2. The predicted molar refractivity (Wildman–Crippen MR) is 88.4 cm³/mol. The summed E-state index contributed by atoms with van der Waals surface area (Å²) in [5, 5.41) is 3.04. The highest BCUT2D eigenvalue weighted by Crippen LogP contribution is 2.20. The van der Waals surface area contributed by atoms with Crippen LogP contribution in [-0.4, -0.2) is 46.0 Å². The first kappa shape index (κ1) is 18.0. The molecular weight excluding hydrogens is 330 g/mol. The summed E-state index contributed by atoms with van der Waals surface area (Å²) in [6, 6.07) is 1.16. The first-order chi connectivity index (χ1) is 12.0. The number of hydrogen-bond donors (Lipinski definition) is 1. The zero-order valence-corrected chi connectivity index (χ0v) is 14.2. The third kappa shape index (κ3) is 4.84. The second-order valence-electron chi connectivity index (χ2n) is 7.01. The Kier molecular flexibility index (Phi) is 5.78. The van der Waals surface area contributed by atoms with E-state index in [4.69, 9.17) is 0 Å². The van der Waals surface area contributed by atoms with Crippen molar-refractivity contribution in [2.75, 3.05) is 19.6 Å². The summed E-state index contributed by atoms with van der Waals surface area (Å²) in [6.45, 7) is 3.25. The number of amides is 1. The molecule has 1 atom stereocenters. The van der Waals surface area contributed by atoms with Crippen LogP contribution in [0.5, 0.6) is 0 Å². The van der Waals surface area contributed by atoms with Crippen LogP contribution in [0.15, 0.2) is 17.2 Å². The van der Waals surface area contributed by atoms with E-state index >= 15 is 0 Å². The van der Waals surface area contributed by atoms with Crippen molar-refractivity contribution >= 4 is 5.91 Å². The molecule has 2 fully saturated rings. The van der Waals surface area contributed by atoms with Gasteiger partial charge in [-0.25, -0.2) is 13.8 Å². The van der Waals surface area contributed by atoms with E-state index in [-0.39, 0.29) is 11.9 Å². The summed E-state index contributed by atoms with van der Waals surface area (Å²) < 4.78 is 26.5. The van der Waals surface area contributed by atoms with Crippen molar-refractivity contribution in [2.24, 2.45) is 5.92 Å². The van der Waals surface area contributed by atoms with Crippen LogP contribution >= 0.6 is 0 Å². The Morgan fingerprint density at radius 2 is 1.96 bits per heavy atom. The summed E-state index contributed by atoms with van der Waals surface area (Å²) >= 11 is 0. The summed E-state index contributed by atoms with van der Waals surface area (Å²) in [4.78, 5) is 29.4. The van der Waals surface area contributed by atoms with Crippen molar-refractivity contribution in [1.82, 2.24) is 19.8 Å². The van der Waals surface area contributed by atoms with Gasteiger partial charge < -0.3 is 10.2 Å². The molecule has 0 spiro atoms. The van der Waals surface area contributed by atoms with Gasteiger partial charge in [-0.3, -0.25) is 14.2 Å². The van der Waals surface area contributed by atoms with Gasteiger partial charge in [-0.05, 0) is 44.7 Å². The number of carbonyl (C=O) groups excluding carboxylic acids is 1. The fourth-order valence-electron chi connectivity index (χ4n) is 3.66. The molecule has 25 heavy (non-hydrogen) atoms. The van der Waals surface area contributed by atoms with Gasteiger partial charge in [-0.1, -0.05) is 0 Å². The van der Waals surface area contributed by atoms with Crippen LogP contribution in [0, 0.1) is 5.92 Å². The van der Waals surface area contributed by atoms with Gasteiger partial charge in [-0.15, -0.1) is 0 Å². The van der Waals surface area contributed by atoms with Crippen LogP contribution in [0.1, 0.15) is 44.2 Å². The summed E-state index contributed by atoms with van der Waals surface area (Å²) in [5.41, 5.74) is -0.886. The number of hydrogen-bond acceptors (Lipinski definition) is 4. The highest BCUT2D eigenvalue weighted by Gasteiger charge is 2.25. The molecule has 1 N–H and O–H groups in total. The molecule has 1 aromatic heterocycles. The van der Waals surface area contributed by atoms with Crippen LogP contribution in [0.25, 0.3) is 0 Å². The van der Waals surface area contributed by atoms with E-state index < -0.39 is 17.7 Å². The van der Waals surface area contributed by atoms with Crippen LogP contribution in [0.4, 0.5) is 8.78 Å². The van der Waals surface area contributed by atoms with Gasteiger partial charge in [0.1, 0.15) is 5.69 Å². The Morgan fingerprint density at radius 3 is 2.60 bits per heavy atom. The quantitative estimate of drug-likeness (QED) is 0.871. The molecule has 3 rings (SSSR count). The molecule has 1 amide bonds. The molecule has 1 unspecified atom stereocenters. The van der Waals surface area contributed by atoms with Crippen molar-refractivity contribution in [3.63, 3.8) is 0 Å². The van der Waals surface area contributed by atoms with E-state index in [0.717, 1.165) is 51.4 Å². The van der Waals surface area contributed by atoms with Crippen LogP contribution in [0.2, 0.25) is 0 Å². The topological polar surface area (TPSA) is 67.2 Å². The number of aromatic nitrogens is 2. The molecule has 2 aliphatic rings. The smallest absolute Gasteiger partial charge is 0.280 e. The first-order valence-corrected chi connectivity index (χ1v) is 8.87.